The first-order valence-electron chi connectivity index (χ1n) is 4.98. The van der Waals surface area contributed by atoms with Crippen LogP contribution in [0.25, 0.3) is 11.3 Å². The number of aromatic nitrogens is 2. The van der Waals surface area contributed by atoms with Crippen LogP contribution in [0.5, 0.6) is 0 Å². The van der Waals surface area contributed by atoms with Crippen LogP contribution in [-0.4, -0.2) is 10.2 Å². The number of H-pyrrole nitrogens is 1. The Labute approximate surface area is 89.3 Å². The smallest absolute Gasteiger partial charge is 0.0955 e. The van der Waals surface area contributed by atoms with Crippen molar-refractivity contribution in [3.05, 3.63) is 35.0 Å². The van der Waals surface area contributed by atoms with E-state index in [1.807, 2.05) is 32.0 Å². The van der Waals surface area contributed by atoms with E-state index in [0.717, 1.165) is 28.2 Å². The average Bonchev–Trinajstić information content (AvgIpc) is 2.53. The second-order valence-corrected chi connectivity index (χ2v) is 3.84. The Hall–Kier alpha value is -1.77. The fraction of sp³-hybridized carbons (Fsp3) is 0.250. The number of nitrogens with two attached hydrogens (primary N) is 1. The third-order valence-electron chi connectivity index (χ3n) is 2.88. The van der Waals surface area contributed by atoms with Crippen molar-refractivity contribution in [1.82, 2.24) is 10.2 Å². The molecule has 0 fully saturated rings. The molecule has 2 rings (SSSR count). The van der Waals surface area contributed by atoms with Crippen molar-refractivity contribution >= 4 is 5.69 Å². The van der Waals surface area contributed by atoms with Gasteiger partial charge in [-0.3, -0.25) is 5.10 Å². The second-order valence-electron chi connectivity index (χ2n) is 3.84. The molecule has 78 valence electrons. The van der Waals surface area contributed by atoms with E-state index in [-0.39, 0.29) is 0 Å². The fourth-order valence-electron chi connectivity index (χ4n) is 1.66. The van der Waals surface area contributed by atoms with E-state index in [2.05, 4.69) is 17.1 Å². The molecular formula is C12H15N3. The minimum atomic E-state index is 0.813. The van der Waals surface area contributed by atoms with Gasteiger partial charge in [-0.2, -0.15) is 5.10 Å². The number of aromatic amines is 1. The summed E-state index contributed by atoms with van der Waals surface area (Å²) in [7, 11) is 0. The highest BCUT2D eigenvalue weighted by Crippen LogP contribution is 2.28. The molecule has 0 radical (unpaired) electrons. The van der Waals surface area contributed by atoms with Crippen LogP contribution in [0, 0.1) is 20.8 Å². The lowest BCUT2D eigenvalue weighted by Gasteiger charge is -2.06. The molecule has 0 aliphatic carbocycles. The van der Waals surface area contributed by atoms with Gasteiger partial charge in [-0.15, -0.1) is 0 Å². The highest BCUT2D eigenvalue weighted by atomic mass is 15.1. The summed E-state index contributed by atoms with van der Waals surface area (Å²) in [6, 6.07) is 5.92. The molecule has 0 atom stereocenters. The predicted molar refractivity (Wildman–Crippen MR) is 62.6 cm³/mol. The third-order valence-corrected chi connectivity index (χ3v) is 2.88. The number of aryl methyl sites for hydroxylation is 1. The van der Waals surface area contributed by atoms with E-state index >= 15 is 0 Å². The van der Waals surface area contributed by atoms with E-state index in [1.54, 1.807) is 0 Å². The van der Waals surface area contributed by atoms with Gasteiger partial charge >= 0.3 is 0 Å². The molecule has 15 heavy (non-hydrogen) atoms. The zero-order valence-electron chi connectivity index (χ0n) is 9.26. The minimum absolute atomic E-state index is 0.813. The molecule has 2 aromatic rings. The summed E-state index contributed by atoms with van der Waals surface area (Å²) in [6.45, 7) is 6.11. The van der Waals surface area contributed by atoms with Crippen LogP contribution < -0.4 is 5.73 Å². The molecule has 0 aliphatic rings. The van der Waals surface area contributed by atoms with Gasteiger partial charge in [0.2, 0.25) is 0 Å². The zero-order valence-corrected chi connectivity index (χ0v) is 9.26. The number of nitrogens with one attached hydrogen (secondary N) is 1. The number of anilines is 1. The van der Waals surface area contributed by atoms with Crippen molar-refractivity contribution in [1.29, 1.82) is 0 Å². The molecule has 0 saturated carbocycles. The van der Waals surface area contributed by atoms with Crippen molar-refractivity contribution in [2.75, 3.05) is 5.73 Å². The standard InChI is InChI=1S/C12H15N3/c1-7-9(3)14-15-12(7)10-5-4-6-11(13)8(10)2/h4-6H,13H2,1-3H3,(H,14,15). The molecule has 3 nitrogen and oxygen atoms in total. The molecular weight excluding hydrogens is 186 g/mol. The van der Waals surface area contributed by atoms with Crippen molar-refractivity contribution in [3.8, 4) is 11.3 Å². The number of hydrogen-bond acceptors (Lipinski definition) is 2. The largest absolute Gasteiger partial charge is 0.398 e. The molecule has 0 spiro atoms. The Morgan fingerprint density at radius 1 is 1.13 bits per heavy atom. The second kappa shape index (κ2) is 3.42. The number of rotatable bonds is 1. The van der Waals surface area contributed by atoms with E-state index in [9.17, 15) is 0 Å². The first-order chi connectivity index (χ1) is 7.11. The van der Waals surface area contributed by atoms with Crippen LogP contribution in [0.2, 0.25) is 0 Å². The molecule has 1 aromatic carbocycles. The van der Waals surface area contributed by atoms with Gasteiger partial charge in [0.1, 0.15) is 0 Å². The highest BCUT2D eigenvalue weighted by molar-refractivity contribution is 5.72. The maximum atomic E-state index is 5.88. The lowest BCUT2D eigenvalue weighted by molar-refractivity contribution is 1.05. The van der Waals surface area contributed by atoms with E-state index < -0.39 is 0 Å². The Balaban J connectivity index is 2.64. The summed E-state index contributed by atoms with van der Waals surface area (Å²) in [4.78, 5) is 0. The molecule has 0 unspecified atom stereocenters. The topological polar surface area (TPSA) is 54.7 Å². The van der Waals surface area contributed by atoms with Crippen LogP contribution in [0.1, 0.15) is 16.8 Å². The molecule has 0 saturated heterocycles. The van der Waals surface area contributed by atoms with Gasteiger partial charge in [0.05, 0.1) is 5.69 Å². The number of benzene rings is 1. The summed E-state index contributed by atoms with van der Waals surface area (Å²) in [5.41, 5.74) is 12.2. The number of hydrogen-bond donors (Lipinski definition) is 2. The van der Waals surface area contributed by atoms with E-state index in [0.29, 0.717) is 0 Å². The van der Waals surface area contributed by atoms with Crippen LogP contribution in [0.3, 0.4) is 0 Å². The third kappa shape index (κ3) is 1.50. The van der Waals surface area contributed by atoms with Crippen LogP contribution >= 0.6 is 0 Å². The zero-order chi connectivity index (χ0) is 11.0. The van der Waals surface area contributed by atoms with E-state index in [4.69, 9.17) is 5.73 Å². The Morgan fingerprint density at radius 2 is 1.87 bits per heavy atom. The van der Waals surface area contributed by atoms with Crippen molar-refractivity contribution in [2.24, 2.45) is 0 Å². The van der Waals surface area contributed by atoms with Gasteiger partial charge in [-0.05, 0) is 38.0 Å². The Bertz CT molecular complexity index is 498. The molecule has 1 aromatic heterocycles. The summed E-state index contributed by atoms with van der Waals surface area (Å²) >= 11 is 0. The minimum Gasteiger partial charge on any atom is -0.398 e. The average molecular weight is 201 g/mol. The van der Waals surface area contributed by atoms with Crippen molar-refractivity contribution < 1.29 is 0 Å². The van der Waals surface area contributed by atoms with E-state index in [1.165, 1.54) is 5.56 Å². The summed E-state index contributed by atoms with van der Waals surface area (Å²) in [5, 5.41) is 7.30. The number of nitrogen functional groups attached to an aromatic ring is 1. The maximum Gasteiger partial charge on any atom is 0.0955 e. The predicted octanol–water partition coefficient (Wildman–Crippen LogP) is 2.58. The van der Waals surface area contributed by atoms with Crippen LogP contribution in [-0.2, 0) is 0 Å². The summed E-state index contributed by atoms with van der Waals surface area (Å²) in [5.74, 6) is 0. The van der Waals surface area contributed by atoms with Crippen LogP contribution in [0.4, 0.5) is 5.69 Å². The SMILES string of the molecule is Cc1[nH]nc(-c2cccc(N)c2C)c1C. The fourth-order valence-corrected chi connectivity index (χ4v) is 1.66. The van der Waals surface area contributed by atoms with Crippen LogP contribution in [0.15, 0.2) is 18.2 Å². The molecule has 3 heteroatoms. The van der Waals surface area contributed by atoms with Gasteiger partial charge < -0.3 is 5.73 Å². The molecule has 3 N–H and O–H groups in total. The number of nitrogens with zero attached hydrogens (tertiary/aromatic N) is 1. The first kappa shape index (κ1) is 9.77. The summed E-state index contributed by atoms with van der Waals surface area (Å²) < 4.78 is 0. The van der Waals surface area contributed by atoms with Crippen molar-refractivity contribution in [2.45, 2.75) is 20.8 Å². The van der Waals surface area contributed by atoms with Gasteiger partial charge in [0, 0.05) is 16.9 Å². The lowest BCUT2D eigenvalue weighted by atomic mass is 10.0. The lowest BCUT2D eigenvalue weighted by Crippen LogP contribution is -1.93. The Morgan fingerprint density at radius 3 is 2.47 bits per heavy atom. The molecule has 1 heterocycles. The maximum absolute atomic E-state index is 5.88. The monoisotopic (exact) mass is 201 g/mol. The normalized spacial score (nSPS) is 10.6. The van der Waals surface area contributed by atoms with Gasteiger partial charge in [0.15, 0.2) is 0 Å². The van der Waals surface area contributed by atoms with Gasteiger partial charge in [-0.1, -0.05) is 12.1 Å². The van der Waals surface area contributed by atoms with Gasteiger partial charge in [0.25, 0.3) is 0 Å². The Kier molecular flexibility index (Phi) is 2.23. The molecule has 0 bridgehead atoms. The highest BCUT2D eigenvalue weighted by Gasteiger charge is 2.11. The summed E-state index contributed by atoms with van der Waals surface area (Å²) in [6.07, 6.45) is 0. The van der Waals surface area contributed by atoms with Gasteiger partial charge in [-0.25, -0.2) is 0 Å². The van der Waals surface area contributed by atoms with Crippen molar-refractivity contribution in [3.63, 3.8) is 0 Å². The molecule has 0 aliphatic heterocycles. The quantitative estimate of drug-likeness (QED) is 0.697. The molecule has 0 amide bonds. The first-order valence-corrected chi connectivity index (χ1v) is 4.98.